The summed E-state index contributed by atoms with van der Waals surface area (Å²) < 4.78 is 1.92. The number of piperidine rings is 1. The number of hydrogen-bond donors (Lipinski definition) is 0. The first-order chi connectivity index (χ1) is 13.6. The molecule has 0 N–H and O–H groups in total. The number of carbonyl (C=O) groups excluding carboxylic acids is 1. The Bertz CT molecular complexity index is 1000. The molecule has 5 nitrogen and oxygen atoms in total. The van der Waals surface area contributed by atoms with Gasteiger partial charge in [0.25, 0.3) is 5.91 Å². The highest BCUT2D eigenvalue weighted by molar-refractivity contribution is 5.94. The molecule has 1 fully saturated rings. The molecule has 5 heteroatoms. The number of carbonyl (C=O) groups is 1. The van der Waals surface area contributed by atoms with Crippen molar-refractivity contribution < 1.29 is 4.79 Å². The number of benzene rings is 2. The number of hydrogen-bond acceptors (Lipinski definition) is 3. The first-order valence-electron chi connectivity index (χ1n) is 9.55. The Morgan fingerprint density at radius 2 is 1.75 bits per heavy atom. The number of nitriles is 1. The zero-order valence-electron chi connectivity index (χ0n) is 15.9. The normalized spacial score (nSPS) is 14.6. The Balaban J connectivity index is 1.39. The molecule has 0 atom stereocenters. The van der Waals surface area contributed by atoms with Crippen LogP contribution < -0.4 is 0 Å². The number of aromatic nitrogens is 2. The van der Waals surface area contributed by atoms with E-state index in [2.05, 4.69) is 48.6 Å². The summed E-state index contributed by atoms with van der Waals surface area (Å²) in [5, 5.41) is 13.4. The second kappa shape index (κ2) is 7.69. The van der Waals surface area contributed by atoms with Gasteiger partial charge in [-0.2, -0.15) is 10.4 Å². The molecule has 0 bridgehead atoms. The SMILES string of the molecule is Cc1ccc(-n2cc(C3CCN(C(=O)c4ccc(C#N)cc4)CC3)cn2)cc1. The second-order valence-electron chi connectivity index (χ2n) is 7.31. The highest BCUT2D eigenvalue weighted by Gasteiger charge is 2.25. The van der Waals surface area contributed by atoms with Gasteiger partial charge in [0.2, 0.25) is 0 Å². The van der Waals surface area contributed by atoms with Gasteiger partial charge in [-0.3, -0.25) is 4.79 Å². The van der Waals surface area contributed by atoms with E-state index in [1.54, 1.807) is 24.3 Å². The molecule has 4 rings (SSSR count). The molecule has 1 aliphatic heterocycles. The fraction of sp³-hybridized carbons (Fsp3) is 0.261. The van der Waals surface area contributed by atoms with Crippen molar-refractivity contribution in [2.45, 2.75) is 25.7 Å². The number of amides is 1. The van der Waals surface area contributed by atoms with Crippen molar-refractivity contribution in [1.82, 2.24) is 14.7 Å². The predicted octanol–water partition coefficient (Wildman–Crippen LogP) is 4.07. The van der Waals surface area contributed by atoms with Crippen LogP contribution in [0.15, 0.2) is 60.9 Å². The van der Waals surface area contributed by atoms with Gasteiger partial charge >= 0.3 is 0 Å². The Kier molecular flexibility index (Phi) is 4.94. The third kappa shape index (κ3) is 3.67. The number of rotatable bonds is 3. The molecule has 2 heterocycles. The molecule has 2 aromatic carbocycles. The topological polar surface area (TPSA) is 61.9 Å². The molecule has 1 saturated heterocycles. The van der Waals surface area contributed by atoms with Crippen molar-refractivity contribution in [1.29, 1.82) is 5.26 Å². The van der Waals surface area contributed by atoms with Crippen LogP contribution in [0.3, 0.4) is 0 Å². The second-order valence-corrected chi connectivity index (χ2v) is 7.31. The summed E-state index contributed by atoms with van der Waals surface area (Å²) in [6.45, 7) is 3.55. The van der Waals surface area contributed by atoms with E-state index >= 15 is 0 Å². The van der Waals surface area contributed by atoms with E-state index in [1.165, 1.54) is 11.1 Å². The fourth-order valence-corrected chi connectivity index (χ4v) is 3.67. The molecule has 0 spiro atoms. The Hall–Kier alpha value is -3.39. The lowest BCUT2D eigenvalue weighted by molar-refractivity contribution is 0.0713. The smallest absolute Gasteiger partial charge is 0.253 e. The molecular formula is C23H22N4O. The van der Waals surface area contributed by atoms with Gasteiger partial charge in [-0.05, 0) is 67.6 Å². The van der Waals surface area contributed by atoms with Gasteiger partial charge in [0, 0.05) is 24.8 Å². The van der Waals surface area contributed by atoms with E-state index in [-0.39, 0.29) is 5.91 Å². The van der Waals surface area contributed by atoms with Crippen molar-refractivity contribution >= 4 is 5.91 Å². The molecule has 0 radical (unpaired) electrons. The van der Waals surface area contributed by atoms with E-state index in [1.807, 2.05) is 15.8 Å². The third-order valence-electron chi connectivity index (χ3n) is 5.42. The number of aryl methyl sites for hydroxylation is 1. The maximum atomic E-state index is 12.7. The van der Waals surface area contributed by atoms with E-state index in [4.69, 9.17) is 5.26 Å². The van der Waals surface area contributed by atoms with Gasteiger partial charge in [0.1, 0.15) is 0 Å². The lowest BCUT2D eigenvalue weighted by Crippen LogP contribution is -2.37. The fourth-order valence-electron chi connectivity index (χ4n) is 3.67. The van der Waals surface area contributed by atoms with Crippen molar-refractivity contribution in [3.8, 4) is 11.8 Å². The molecular weight excluding hydrogens is 348 g/mol. The summed E-state index contributed by atoms with van der Waals surface area (Å²) in [6.07, 6.45) is 5.92. The van der Waals surface area contributed by atoms with Crippen LogP contribution in [0, 0.1) is 18.3 Å². The minimum atomic E-state index is 0.0401. The molecule has 0 unspecified atom stereocenters. The van der Waals surface area contributed by atoms with Crippen LogP contribution in [-0.2, 0) is 0 Å². The summed E-state index contributed by atoms with van der Waals surface area (Å²) in [5.41, 5.74) is 4.73. The van der Waals surface area contributed by atoms with Gasteiger partial charge < -0.3 is 4.90 Å². The zero-order chi connectivity index (χ0) is 19.5. The van der Waals surface area contributed by atoms with Gasteiger partial charge in [-0.1, -0.05) is 17.7 Å². The minimum absolute atomic E-state index is 0.0401. The molecule has 28 heavy (non-hydrogen) atoms. The summed E-state index contributed by atoms with van der Waals surface area (Å²) in [5.74, 6) is 0.461. The van der Waals surface area contributed by atoms with Crippen LogP contribution >= 0.6 is 0 Å². The lowest BCUT2D eigenvalue weighted by Gasteiger charge is -2.31. The van der Waals surface area contributed by atoms with Gasteiger partial charge in [-0.15, -0.1) is 0 Å². The maximum absolute atomic E-state index is 12.7. The Labute approximate surface area is 164 Å². The van der Waals surface area contributed by atoms with Crippen molar-refractivity contribution in [3.63, 3.8) is 0 Å². The van der Waals surface area contributed by atoms with E-state index in [9.17, 15) is 4.79 Å². The van der Waals surface area contributed by atoms with Crippen LogP contribution in [0.1, 0.15) is 45.8 Å². The molecule has 0 aliphatic carbocycles. The van der Waals surface area contributed by atoms with Gasteiger partial charge in [0.15, 0.2) is 0 Å². The van der Waals surface area contributed by atoms with E-state index < -0.39 is 0 Å². The summed E-state index contributed by atoms with van der Waals surface area (Å²) in [6, 6.07) is 17.3. The Morgan fingerprint density at radius 3 is 2.39 bits per heavy atom. The average Bonchev–Trinajstić information content (AvgIpc) is 3.24. The summed E-state index contributed by atoms with van der Waals surface area (Å²) in [4.78, 5) is 14.6. The minimum Gasteiger partial charge on any atom is -0.339 e. The number of nitrogens with zero attached hydrogens (tertiary/aromatic N) is 4. The standard InChI is InChI=1S/C23H22N4O/c1-17-2-8-22(9-3-17)27-16-21(15-25-27)19-10-12-26(13-11-19)23(28)20-6-4-18(14-24)5-7-20/h2-9,15-16,19H,10-13H2,1H3. The molecule has 1 aliphatic rings. The summed E-state index contributed by atoms with van der Waals surface area (Å²) >= 11 is 0. The number of likely N-dealkylation sites (tertiary alicyclic amines) is 1. The maximum Gasteiger partial charge on any atom is 0.253 e. The van der Waals surface area contributed by atoms with Crippen LogP contribution in [-0.4, -0.2) is 33.7 Å². The highest BCUT2D eigenvalue weighted by atomic mass is 16.2. The first-order valence-corrected chi connectivity index (χ1v) is 9.55. The Morgan fingerprint density at radius 1 is 1.07 bits per heavy atom. The van der Waals surface area contributed by atoms with Crippen LogP contribution in [0.4, 0.5) is 0 Å². The monoisotopic (exact) mass is 370 g/mol. The third-order valence-corrected chi connectivity index (χ3v) is 5.42. The highest BCUT2D eigenvalue weighted by Crippen LogP contribution is 2.29. The van der Waals surface area contributed by atoms with Gasteiger partial charge in [0.05, 0.1) is 23.5 Å². The van der Waals surface area contributed by atoms with E-state index in [0.717, 1.165) is 31.6 Å². The van der Waals surface area contributed by atoms with E-state index in [0.29, 0.717) is 17.0 Å². The molecule has 1 aromatic heterocycles. The zero-order valence-corrected chi connectivity index (χ0v) is 15.9. The average molecular weight is 370 g/mol. The van der Waals surface area contributed by atoms with Crippen LogP contribution in [0.25, 0.3) is 5.69 Å². The van der Waals surface area contributed by atoms with Crippen molar-refractivity contribution in [2.24, 2.45) is 0 Å². The van der Waals surface area contributed by atoms with Gasteiger partial charge in [-0.25, -0.2) is 4.68 Å². The largest absolute Gasteiger partial charge is 0.339 e. The molecule has 140 valence electrons. The molecule has 0 saturated carbocycles. The summed E-state index contributed by atoms with van der Waals surface area (Å²) in [7, 11) is 0. The predicted molar refractivity (Wildman–Crippen MR) is 107 cm³/mol. The quantitative estimate of drug-likeness (QED) is 0.698. The lowest BCUT2D eigenvalue weighted by atomic mass is 9.91. The molecule has 3 aromatic rings. The van der Waals surface area contributed by atoms with Crippen molar-refractivity contribution in [2.75, 3.05) is 13.1 Å². The van der Waals surface area contributed by atoms with Crippen LogP contribution in [0.5, 0.6) is 0 Å². The molecule has 1 amide bonds. The first kappa shape index (κ1) is 18.0. The van der Waals surface area contributed by atoms with Crippen LogP contribution in [0.2, 0.25) is 0 Å². The van der Waals surface area contributed by atoms with Crippen molar-refractivity contribution in [3.05, 3.63) is 83.2 Å².